The third kappa shape index (κ3) is 4.03. The molecule has 0 saturated carbocycles. The van der Waals surface area contributed by atoms with E-state index in [1.165, 1.54) is 11.8 Å². The number of nitrogens with one attached hydrogen (secondary N) is 1. The maximum Gasteiger partial charge on any atom is 0.254 e. The van der Waals surface area contributed by atoms with E-state index in [1.807, 2.05) is 18.4 Å². The lowest BCUT2D eigenvalue weighted by Gasteiger charge is -2.31. The topological polar surface area (TPSA) is 71.0 Å². The van der Waals surface area contributed by atoms with Crippen LogP contribution < -0.4 is 10.2 Å². The van der Waals surface area contributed by atoms with Crippen molar-refractivity contribution in [1.82, 2.24) is 20.3 Å². The first-order valence-corrected chi connectivity index (χ1v) is 9.29. The van der Waals surface area contributed by atoms with Crippen molar-refractivity contribution in [2.24, 2.45) is 5.92 Å². The summed E-state index contributed by atoms with van der Waals surface area (Å²) in [4.78, 5) is 27.4. The van der Waals surface area contributed by atoms with E-state index in [0.717, 1.165) is 36.9 Å². The number of pyridine rings is 1. The highest BCUT2D eigenvalue weighted by molar-refractivity contribution is 7.98. The minimum Gasteiger partial charge on any atom is -0.352 e. The second-order valence-electron chi connectivity index (χ2n) is 5.75. The number of amides is 1. The molecule has 1 saturated heterocycles. The molecule has 1 fully saturated rings. The third-order valence-corrected chi connectivity index (χ3v) is 4.92. The minimum absolute atomic E-state index is 0.0405. The molecule has 126 valence electrons. The van der Waals surface area contributed by atoms with Gasteiger partial charge in [0.25, 0.3) is 5.91 Å². The average molecular weight is 343 g/mol. The molecule has 0 spiro atoms. The average Bonchev–Trinajstić information content (AvgIpc) is 2.67. The van der Waals surface area contributed by atoms with E-state index < -0.39 is 0 Å². The zero-order valence-electron chi connectivity index (χ0n) is 13.7. The van der Waals surface area contributed by atoms with Crippen LogP contribution >= 0.6 is 11.8 Å². The summed E-state index contributed by atoms with van der Waals surface area (Å²) in [6.45, 7) is 2.55. The van der Waals surface area contributed by atoms with Gasteiger partial charge in [-0.3, -0.25) is 4.79 Å². The van der Waals surface area contributed by atoms with Crippen molar-refractivity contribution in [3.63, 3.8) is 0 Å². The Labute approximate surface area is 146 Å². The molecule has 0 unspecified atom stereocenters. The Balaban J connectivity index is 1.49. The lowest BCUT2D eigenvalue weighted by molar-refractivity contribution is 0.0941. The number of aromatic nitrogens is 3. The minimum atomic E-state index is -0.0405. The van der Waals surface area contributed by atoms with Crippen LogP contribution in [0, 0.1) is 5.92 Å². The Bertz CT molecular complexity index is 674. The van der Waals surface area contributed by atoms with Crippen LogP contribution in [0.1, 0.15) is 23.2 Å². The highest BCUT2D eigenvalue weighted by Gasteiger charge is 2.21. The molecule has 1 amide bonds. The fraction of sp³-hybridized carbons (Fsp3) is 0.412. The number of hydrogen-bond donors (Lipinski definition) is 1. The van der Waals surface area contributed by atoms with Crippen molar-refractivity contribution in [1.29, 1.82) is 0 Å². The summed E-state index contributed by atoms with van der Waals surface area (Å²) < 4.78 is 0. The quantitative estimate of drug-likeness (QED) is 0.840. The monoisotopic (exact) mass is 343 g/mol. The summed E-state index contributed by atoms with van der Waals surface area (Å²) in [5.74, 6) is 1.24. The van der Waals surface area contributed by atoms with Crippen LogP contribution in [0.2, 0.25) is 0 Å². The first-order chi connectivity index (χ1) is 11.8. The van der Waals surface area contributed by atoms with E-state index in [-0.39, 0.29) is 5.91 Å². The highest BCUT2D eigenvalue weighted by atomic mass is 32.2. The fourth-order valence-corrected chi connectivity index (χ4v) is 3.40. The fourth-order valence-electron chi connectivity index (χ4n) is 2.85. The SMILES string of the molecule is CSc1ncccc1C(=O)NCC1CCN(c2ncccn2)CC1. The number of piperidine rings is 1. The smallest absolute Gasteiger partial charge is 0.254 e. The van der Waals surface area contributed by atoms with Gasteiger partial charge in [-0.2, -0.15) is 0 Å². The Morgan fingerprint density at radius 3 is 2.62 bits per heavy atom. The Morgan fingerprint density at radius 2 is 1.92 bits per heavy atom. The van der Waals surface area contributed by atoms with E-state index in [2.05, 4.69) is 25.2 Å². The van der Waals surface area contributed by atoms with Gasteiger partial charge in [-0.25, -0.2) is 15.0 Å². The molecular weight excluding hydrogens is 322 g/mol. The van der Waals surface area contributed by atoms with E-state index in [1.54, 1.807) is 24.7 Å². The lowest BCUT2D eigenvalue weighted by Crippen LogP contribution is -2.39. The lowest BCUT2D eigenvalue weighted by atomic mass is 9.97. The zero-order valence-corrected chi connectivity index (χ0v) is 14.5. The number of anilines is 1. The van der Waals surface area contributed by atoms with Gasteiger partial charge in [-0.1, -0.05) is 0 Å². The number of hydrogen-bond acceptors (Lipinski definition) is 6. The van der Waals surface area contributed by atoms with Gasteiger partial charge >= 0.3 is 0 Å². The molecule has 3 rings (SSSR count). The van der Waals surface area contributed by atoms with Crippen LogP contribution in [0.25, 0.3) is 0 Å². The van der Waals surface area contributed by atoms with Crippen molar-refractivity contribution in [3.8, 4) is 0 Å². The molecule has 0 atom stereocenters. The van der Waals surface area contributed by atoms with Crippen molar-refractivity contribution < 1.29 is 4.79 Å². The molecule has 2 aromatic rings. The molecule has 1 aliphatic heterocycles. The molecule has 1 aliphatic rings. The third-order valence-electron chi connectivity index (χ3n) is 4.21. The van der Waals surface area contributed by atoms with Gasteiger partial charge in [0.15, 0.2) is 0 Å². The van der Waals surface area contributed by atoms with Gasteiger partial charge in [0, 0.05) is 38.2 Å². The predicted octanol–water partition coefficient (Wildman–Crippen LogP) is 2.24. The van der Waals surface area contributed by atoms with Crippen LogP contribution in [0.4, 0.5) is 5.95 Å². The van der Waals surface area contributed by atoms with Crippen molar-refractivity contribution >= 4 is 23.6 Å². The molecule has 3 heterocycles. The molecule has 6 nitrogen and oxygen atoms in total. The van der Waals surface area contributed by atoms with E-state index in [4.69, 9.17) is 0 Å². The molecular formula is C17H21N5OS. The van der Waals surface area contributed by atoms with Crippen LogP contribution in [0.3, 0.4) is 0 Å². The van der Waals surface area contributed by atoms with Crippen molar-refractivity contribution in [3.05, 3.63) is 42.4 Å². The van der Waals surface area contributed by atoms with Crippen LogP contribution in [-0.4, -0.2) is 46.7 Å². The summed E-state index contributed by atoms with van der Waals surface area (Å²) in [7, 11) is 0. The van der Waals surface area contributed by atoms with Gasteiger partial charge in [-0.05, 0) is 43.2 Å². The predicted molar refractivity (Wildman–Crippen MR) is 95.3 cm³/mol. The second kappa shape index (κ2) is 8.10. The van der Waals surface area contributed by atoms with E-state index in [0.29, 0.717) is 18.0 Å². The zero-order chi connectivity index (χ0) is 16.8. The molecule has 2 aromatic heterocycles. The normalized spacial score (nSPS) is 15.3. The number of thioether (sulfide) groups is 1. The van der Waals surface area contributed by atoms with Gasteiger partial charge in [0.1, 0.15) is 5.03 Å². The number of nitrogens with zero attached hydrogens (tertiary/aromatic N) is 4. The first-order valence-electron chi connectivity index (χ1n) is 8.07. The molecule has 24 heavy (non-hydrogen) atoms. The van der Waals surface area contributed by atoms with Crippen molar-refractivity contribution in [2.45, 2.75) is 17.9 Å². The Morgan fingerprint density at radius 1 is 1.21 bits per heavy atom. The largest absolute Gasteiger partial charge is 0.352 e. The summed E-state index contributed by atoms with van der Waals surface area (Å²) in [5, 5.41) is 3.83. The summed E-state index contributed by atoms with van der Waals surface area (Å²) in [5.41, 5.74) is 0.653. The Kier molecular flexibility index (Phi) is 5.63. The van der Waals surface area contributed by atoms with Gasteiger partial charge in [0.2, 0.25) is 5.95 Å². The standard InChI is InChI=1S/C17H21N5OS/c1-24-16-14(4-2-7-18-16)15(23)21-12-13-5-10-22(11-6-13)17-19-8-3-9-20-17/h2-4,7-9,13H,5-6,10-12H2,1H3,(H,21,23). The summed E-state index contributed by atoms with van der Waals surface area (Å²) in [6, 6.07) is 5.45. The molecule has 7 heteroatoms. The summed E-state index contributed by atoms with van der Waals surface area (Å²) in [6.07, 6.45) is 9.24. The summed E-state index contributed by atoms with van der Waals surface area (Å²) >= 11 is 1.49. The number of rotatable bonds is 5. The molecule has 0 aliphatic carbocycles. The first kappa shape index (κ1) is 16.7. The molecule has 1 N–H and O–H groups in total. The molecule has 0 aromatic carbocycles. The van der Waals surface area contributed by atoms with E-state index in [9.17, 15) is 4.79 Å². The second-order valence-corrected chi connectivity index (χ2v) is 6.54. The highest BCUT2D eigenvalue weighted by Crippen LogP contribution is 2.20. The Hall–Kier alpha value is -2.15. The molecule has 0 radical (unpaired) electrons. The maximum absolute atomic E-state index is 12.4. The van der Waals surface area contributed by atoms with Gasteiger partial charge in [0.05, 0.1) is 5.56 Å². The molecule has 0 bridgehead atoms. The van der Waals surface area contributed by atoms with Gasteiger partial charge < -0.3 is 10.2 Å². The number of carbonyl (C=O) groups excluding carboxylic acids is 1. The van der Waals surface area contributed by atoms with Crippen LogP contribution in [-0.2, 0) is 0 Å². The van der Waals surface area contributed by atoms with E-state index >= 15 is 0 Å². The van der Waals surface area contributed by atoms with Crippen LogP contribution in [0.5, 0.6) is 0 Å². The van der Waals surface area contributed by atoms with Crippen molar-refractivity contribution in [2.75, 3.05) is 30.8 Å². The van der Waals surface area contributed by atoms with Gasteiger partial charge in [-0.15, -0.1) is 11.8 Å². The van der Waals surface area contributed by atoms with Crippen LogP contribution in [0.15, 0.2) is 41.8 Å². The number of carbonyl (C=O) groups is 1. The maximum atomic E-state index is 12.4.